The maximum Gasteiger partial charge on any atom is 0.0740 e. The van der Waals surface area contributed by atoms with Crippen LogP contribution in [0.25, 0.3) is 0 Å². The van der Waals surface area contributed by atoms with E-state index in [4.69, 9.17) is 10.2 Å². The van der Waals surface area contributed by atoms with Gasteiger partial charge in [-0.25, -0.2) is 0 Å². The summed E-state index contributed by atoms with van der Waals surface area (Å²) >= 11 is 0. The van der Waals surface area contributed by atoms with Crippen LogP contribution in [-0.4, -0.2) is 22.9 Å². The zero-order chi connectivity index (χ0) is 5.70. The smallest absolute Gasteiger partial charge is 0.0740 e. The Morgan fingerprint density at radius 1 is 1.71 bits per heavy atom. The van der Waals surface area contributed by atoms with Crippen molar-refractivity contribution in [1.82, 2.24) is 0 Å². The summed E-state index contributed by atoms with van der Waals surface area (Å²) in [4.78, 5) is 0. The van der Waals surface area contributed by atoms with Crippen LogP contribution >= 0.6 is 0 Å². The lowest BCUT2D eigenvalue weighted by molar-refractivity contribution is 0.170. The van der Waals surface area contributed by atoms with E-state index in [1.165, 1.54) is 6.08 Å². The third kappa shape index (κ3) is 3.49. The van der Waals surface area contributed by atoms with Gasteiger partial charge < -0.3 is 10.2 Å². The molecule has 0 saturated carbocycles. The third-order valence-electron chi connectivity index (χ3n) is 0.697. The molecule has 2 nitrogen and oxygen atoms in total. The highest BCUT2D eigenvalue weighted by molar-refractivity contribution is 4.76. The van der Waals surface area contributed by atoms with Crippen molar-refractivity contribution in [3.8, 4) is 0 Å². The van der Waals surface area contributed by atoms with Crippen molar-refractivity contribution in [3.05, 3.63) is 12.7 Å². The number of hydrogen-bond donors (Lipinski definition) is 2. The van der Waals surface area contributed by atoms with Gasteiger partial charge in [0.1, 0.15) is 0 Å². The van der Waals surface area contributed by atoms with Gasteiger partial charge in [0.05, 0.1) is 6.10 Å². The first-order chi connectivity index (χ1) is 3.31. The van der Waals surface area contributed by atoms with Crippen LogP contribution in [0, 0.1) is 0 Å². The molecule has 1 atom stereocenters. The van der Waals surface area contributed by atoms with Crippen molar-refractivity contribution in [1.29, 1.82) is 0 Å². The van der Waals surface area contributed by atoms with Crippen LogP contribution in [0.2, 0.25) is 0 Å². The molecule has 0 aliphatic carbocycles. The van der Waals surface area contributed by atoms with Crippen LogP contribution in [0.3, 0.4) is 0 Å². The van der Waals surface area contributed by atoms with Crippen molar-refractivity contribution in [2.75, 3.05) is 6.61 Å². The van der Waals surface area contributed by atoms with Crippen LogP contribution in [0.5, 0.6) is 0 Å². The van der Waals surface area contributed by atoms with Crippen LogP contribution in [-0.2, 0) is 0 Å². The fraction of sp³-hybridized carbons (Fsp3) is 0.600. The van der Waals surface area contributed by atoms with E-state index >= 15 is 0 Å². The highest BCUT2D eigenvalue weighted by atomic mass is 16.3. The summed E-state index contributed by atoms with van der Waals surface area (Å²) in [7, 11) is 0. The van der Waals surface area contributed by atoms with Gasteiger partial charge in [0.15, 0.2) is 0 Å². The van der Waals surface area contributed by atoms with E-state index in [-0.39, 0.29) is 6.61 Å². The first-order valence-corrected chi connectivity index (χ1v) is 2.22. The average molecular weight is 102 g/mol. The Balaban J connectivity index is 2.98. The second-order valence-corrected chi connectivity index (χ2v) is 1.32. The van der Waals surface area contributed by atoms with Gasteiger partial charge in [0, 0.05) is 6.61 Å². The van der Waals surface area contributed by atoms with Gasteiger partial charge in [-0.15, -0.1) is 6.58 Å². The number of rotatable bonds is 3. The molecule has 7 heavy (non-hydrogen) atoms. The summed E-state index contributed by atoms with van der Waals surface area (Å²) in [6, 6.07) is 0. The second-order valence-electron chi connectivity index (χ2n) is 1.32. The molecule has 0 aliphatic heterocycles. The Morgan fingerprint density at radius 3 is 2.43 bits per heavy atom. The molecule has 42 valence electrons. The van der Waals surface area contributed by atoms with Gasteiger partial charge in [0.2, 0.25) is 0 Å². The van der Waals surface area contributed by atoms with Gasteiger partial charge in [-0.1, -0.05) is 6.08 Å². The van der Waals surface area contributed by atoms with Crippen molar-refractivity contribution in [2.24, 2.45) is 0 Å². The molecule has 0 bridgehead atoms. The first-order valence-electron chi connectivity index (χ1n) is 2.22. The molecule has 0 saturated heterocycles. The Kier molecular flexibility index (Phi) is 3.65. The number of hydrogen-bond acceptors (Lipinski definition) is 2. The van der Waals surface area contributed by atoms with Crippen LogP contribution in [0.1, 0.15) is 6.42 Å². The molecule has 0 unspecified atom stereocenters. The quantitative estimate of drug-likeness (QED) is 0.489. The number of aliphatic hydroxyl groups is 2. The highest BCUT2D eigenvalue weighted by Gasteiger charge is 1.91. The van der Waals surface area contributed by atoms with Crippen LogP contribution in [0.4, 0.5) is 0 Å². The third-order valence-corrected chi connectivity index (χ3v) is 0.697. The van der Waals surface area contributed by atoms with E-state index in [1.807, 2.05) is 0 Å². The summed E-state index contributed by atoms with van der Waals surface area (Å²) < 4.78 is 0. The lowest BCUT2D eigenvalue weighted by atomic mass is 10.3. The molecule has 2 N–H and O–H groups in total. The van der Waals surface area contributed by atoms with Gasteiger partial charge in [-0.2, -0.15) is 0 Å². The highest BCUT2D eigenvalue weighted by Crippen LogP contribution is 1.87. The maximum atomic E-state index is 8.58. The topological polar surface area (TPSA) is 40.5 Å². The summed E-state index contributed by atoms with van der Waals surface area (Å²) in [5.74, 6) is 0. The summed E-state index contributed by atoms with van der Waals surface area (Å²) in [5.41, 5.74) is 0. The predicted octanol–water partition coefficient (Wildman–Crippen LogP) is -0.0843. The molecule has 0 rings (SSSR count). The maximum absolute atomic E-state index is 8.58. The summed E-state index contributed by atoms with van der Waals surface area (Å²) in [5, 5.41) is 16.7. The van der Waals surface area contributed by atoms with Crippen LogP contribution in [0.15, 0.2) is 12.7 Å². The minimum atomic E-state index is -0.537. The molecule has 0 aromatic rings. The normalized spacial score (nSPS) is 13.4. The monoisotopic (exact) mass is 102 g/mol. The standard InChI is InChI=1S/C5H10O2/c1-2-5(7)3-4-6/h2,5-7H,1,3-4H2/t5-/m0/s1. The molecule has 0 aliphatic rings. The molecular weight excluding hydrogens is 92.1 g/mol. The van der Waals surface area contributed by atoms with Gasteiger partial charge in [-0.05, 0) is 6.42 Å². The molecule has 0 spiro atoms. The molecule has 0 aromatic heterocycles. The molecule has 0 heterocycles. The second kappa shape index (κ2) is 3.84. The van der Waals surface area contributed by atoms with Crippen LogP contribution < -0.4 is 0 Å². The summed E-state index contributed by atoms with van der Waals surface area (Å²) in [6.07, 6.45) is 1.25. The lowest BCUT2D eigenvalue weighted by Crippen LogP contribution is -2.02. The molecule has 2 heteroatoms. The largest absolute Gasteiger partial charge is 0.396 e. The Hall–Kier alpha value is -0.340. The Labute approximate surface area is 43.1 Å². The molecular formula is C5H10O2. The minimum absolute atomic E-state index is 0.0210. The average Bonchev–Trinajstić information content (AvgIpc) is 1.68. The fourth-order valence-corrected chi connectivity index (χ4v) is 0.250. The SMILES string of the molecule is C=C[C@H](O)CCO. The van der Waals surface area contributed by atoms with E-state index < -0.39 is 6.10 Å². The van der Waals surface area contributed by atoms with Gasteiger partial charge in [0.25, 0.3) is 0 Å². The Bertz CT molecular complexity index is 52.0. The van der Waals surface area contributed by atoms with E-state index in [0.29, 0.717) is 6.42 Å². The van der Waals surface area contributed by atoms with E-state index in [1.54, 1.807) is 0 Å². The molecule has 0 fully saturated rings. The van der Waals surface area contributed by atoms with Gasteiger partial charge in [-0.3, -0.25) is 0 Å². The molecule has 0 radical (unpaired) electrons. The summed E-state index contributed by atoms with van der Waals surface area (Å²) in [6.45, 7) is 3.34. The van der Waals surface area contributed by atoms with E-state index in [9.17, 15) is 0 Å². The number of aliphatic hydroxyl groups excluding tert-OH is 2. The first kappa shape index (κ1) is 6.66. The van der Waals surface area contributed by atoms with Crippen molar-refractivity contribution in [2.45, 2.75) is 12.5 Å². The van der Waals surface area contributed by atoms with Crippen molar-refractivity contribution in [3.63, 3.8) is 0 Å². The van der Waals surface area contributed by atoms with E-state index in [2.05, 4.69) is 6.58 Å². The predicted molar refractivity (Wildman–Crippen MR) is 27.9 cm³/mol. The Morgan fingerprint density at radius 2 is 2.29 bits per heavy atom. The van der Waals surface area contributed by atoms with E-state index in [0.717, 1.165) is 0 Å². The zero-order valence-electron chi connectivity index (χ0n) is 4.17. The lowest BCUT2D eigenvalue weighted by Gasteiger charge is -1.97. The minimum Gasteiger partial charge on any atom is -0.396 e. The molecule has 0 aromatic carbocycles. The van der Waals surface area contributed by atoms with Gasteiger partial charge >= 0.3 is 0 Å². The zero-order valence-corrected chi connectivity index (χ0v) is 4.17. The molecule has 0 amide bonds. The van der Waals surface area contributed by atoms with Crippen molar-refractivity contribution < 1.29 is 10.2 Å². The van der Waals surface area contributed by atoms with Crippen molar-refractivity contribution >= 4 is 0 Å². The fourth-order valence-electron chi connectivity index (χ4n) is 0.250.